The monoisotopic (exact) mass is 266 g/mol. The van der Waals surface area contributed by atoms with Crippen molar-refractivity contribution in [1.29, 1.82) is 0 Å². The van der Waals surface area contributed by atoms with Crippen LogP contribution < -0.4 is 0 Å². The quantitative estimate of drug-likeness (QED) is 0.872. The van der Waals surface area contributed by atoms with Gasteiger partial charge in [-0.05, 0) is 18.6 Å². The van der Waals surface area contributed by atoms with Gasteiger partial charge in [-0.15, -0.1) is 0 Å². The van der Waals surface area contributed by atoms with Crippen LogP contribution in [0.15, 0.2) is 30.6 Å². The molecular formula is C13H15ClN2O2. The molecule has 2 N–H and O–H groups in total. The molecule has 1 heterocycles. The molecule has 0 unspecified atom stereocenters. The predicted octanol–water partition coefficient (Wildman–Crippen LogP) is 2.22. The zero-order valence-electron chi connectivity index (χ0n) is 9.88. The molecule has 5 heteroatoms. The zero-order chi connectivity index (χ0) is 13.0. The summed E-state index contributed by atoms with van der Waals surface area (Å²) in [6, 6.07) is 5.07. The Morgan fingerprint density at radius 3 is 2.89 bits per heavy atom. The van der Waals surface area contributed by atoms with Crippen molar-refractivity contribution >= 4 is 11.6 Å². The maximum atomic E-state index is 9.80. The Kier molecular flexibility index (Phi) is 4.23. The lowest BCUT2D eigenvalue weighted by Gasteiger charge is -2.08. The third-order valence-electron chi connectivity index (χ3n) is 2.75. The number of nitrogens with zero attached hydrogens (tertiary/aromatic N) is 2. The van der Waals surface area contributed by atoms with Gasteiger partial charge >= 0.3 is 0 Å². The number of hydrogen-bond donors (Lipinski definition) is 2. The highest BCUT2D eigenvalue weighted by molar-refractivity contribution is 6.30. The minimum Gasteiger partial charge on any atom is -0.508 e. The van der Waals surface area contributed by atoms with Crippen molar-refractivity contribution < 1.29 is 10.2 Å². The van der Waals surface area contributed by atoms with E-state index in [0.29, 0.717) is 17.9 Å². The Morgan fingerprint density at radius 2 is 2.17 bits per heavy atom. The molecule has 96 valence electrons. The Bertz CT molecular complexity index is 525. The van der Waals surface area contributed by atoms with E-state index >= 15 is 0 Å². The molecule has 0 bridgehead atoms. The number of halogens is 1. The average molecular weight is 267 g/mol. The van der Waals surface area contributed by atoms with Crippen LogP contribution >= 0.6 is 11.6 Å². The number of aromatic hydroxyl groups is 1. The van der Waals surface area contributed by atoms with Crippen molar-refractivity contribution in [2.45, 2.75) is 19.4 Å². The number of benzene rings is 1. The summed E-state index contributed by atoms with van der Waals surface area (Å²) in [5, 5.41) is 19.1. The number of hydrogen-bond acceptors (Lipinski definition) is 3. The first-order valence-corrected chi connectivity index (χ1v) is 6.17. The van der Waals surface area contributed by atoms with Crippen LogP contribution in [0.1, 0.15) is 17.8 Å². The van der Waals surface area contributed by atoms with Crippen LogP contribution in [-0.4, -0.2) is 26.4 Å². The van der Waals surface area contributed by atoms with Crippen molar-refractivity contribution in [3.8, 4) is 5.75 Å². The number of aliphatic hydroxyl groups excluding tert-OH is 1. The lowest BCUT2D eigenvalue weighted by atomic mass is 10.1. The van der Waals surface area contributed by atoms with E-state index in [1.165, 1.54) is 6.07 Å². The highest BCUT2D eigenvalue weighted by atomic mass is 35.5. The fourth-order valence-electron chi connectivity index (χ4n) is 1.81. The molecule has 0 spiro atoms. The Morgan fingerprint density at radius 1 is 1.33 bits per heavy atom. The number of phenolic OH excluding ortho intramolecular Hbond substituents is 1. The fraction of sp³-hybridized carbons (Fsp3) is 0.308. The van der Waals surface area contributed by atoms with Gasteiger partial charge in [0.25, 0.3) is 0 Å². The van der Waals surface area contributed by atoms with Gasteiger partial charge in [-0.1, -0.05) is 17.7 Å². The van der Waals surface area contributed by atoms with Gasteiger partial charge in [0.05, 0.1) is 0 Å². The van der Waals surface area contributed by atoms with E-state index in [0.717, 1.165) is 17.9 Å². The van der Waals surface area contributed by atoms with Crippen LogP contribution in [0.25, 0.3) is 0 Å². The molecule has 0 fully saturated rings. The van der Waals surface area contributed by atoms with Gasteiger partial charge in [-0.3, -0.25) is 0 Å². The van der Waals surface area contributed by atoms with Gasteiger partial charge in [0.2, 0.25) is 0 Å². The minimum absolute atomic E-state index is 0.157. The van der Waals surface area contributed by atoms with Crippen LogP contribution in [0, 0.1) is 0 Å². The molecule has 0 atom stereocenters. The van der Waals surface area contributed by atoms with Crippen molar-refractivity contribution in [3.63, 3.8) is 0 Å². The molecule has 0 saturated heterocycles. The highest BCUT2D eigenvalue weighted by Gasteiger charge is 2.08. The van der Waals surface area contributed by atoms with E-state index in [1.807, 2.05) is 10.8 Å². The summed E-state index contributed by atoms with van der Waals surface area (Å²) in [6.45, 7) is 0.879. The molecule has 4 nitrogen and oxygen atoms in total. The molecule has 18 heavy (non-hydrogen) atoms. The molecule has 0 saturated carbocycles. The second kappa shape index (κ2) is 5.89. The minimum atomic E-state index is 0.157. The lowest BCUT2D eigenvalue weighted by molar-refractivity contribution is 0.279. The van der Waals surface area contributed by atoms with E-state index in [-0.39, 0.29) is 12.4 Å². The predicted molar refractivity (Wildman–Crippen MR) is 69.9 cm³/mol. The summed E-state index contributed by atoms with van der Waals surface area (Å²) in [5.41, 5.74) is 0.788. The van der Waals surface area contributed by atoms with Gasteiger partial charge < -0.3 is 14.8 Å². The van der Waals surface area contributed by atoms with Gasteiger partial charge in [0.15, 0.2) is 0 Å². The largest absolute Gasteiger partial charge is 0.508 e. The topological polar surface area (TPSA) is 58.3 Å². The van der Waals surface area contributed by atoms with Crippen LogP contribution in [0.2, 0.25) is 5.02 Å². The number of aryl methyl sites for hydroxylation is 1. The van der Waals surface area contributed by atoms with E-state index < -0.39 is 0 Å². The molecule has 2 rings (SSSR count). The third kappa shape index (κ3) is 3.03. The van der Waals surface area contributed by atoms with Crippen molar-refractivity contribution in [2.75, 3.05) is 6.61 Å². The maximum absolute atomic E-state index is 9.80. The van der Waals surface area contributed by atoms with Gasteiger partial charge in [0, 0.05) is 42.6 Å². The number of aliphatic hydroxyl groups is 1. The van der Waals surface area contributed by atoms with Gasteiger partial charge in [-0.2, -0.15) is 0 Å². The molecule has 1 aromatic carbocycles. The van der Waals surface area contributed by atoms with E-state index in [2.05, 4.69) is 4.98 Å². The summed E-state index contributed by atoms with van der Waals surface area (Å²) >= 11 is 5.79. The normalized spacial score (nSPS) is 10.8. The zero-order valence-corrected chi connectivity index (χ0v) is 10.6. The highest BCUT2D eigenvalue weighted by Crippen LogP contribution is 2.23. The fourth-order valence-corrected chi connectivity index (χ4v) is 1.98. The molecule has 0 aliphatic rings. The third-order valence-corrected chi connectivity index (χ3v) is 2.99. The van der Waals surface area contributed by atoms with Gasteiger partial charge in [0.1, 0.15) is 11.6 Å². The molecule has 1 aromatic heterocycles. The summed E-state index contributed by atoms with van der Waals surface area (Å²) in [6.07, 6.45) is 4.83. The second-order valence-electron chi connectivity index (χ2n) is 4.06. The summed E-state index contributed by atoms with van der Waals surface area (Å²) in [7, 11) is 0. The Balaban J connectivity index is 2.15. The summed E-state index contributed by atoms with van der Waals surface area (Å²) in [5.74, 6) is 1.04. The number of aromatic nitrogens is 2. The second-order valence-corrected chi connectivity index (χ2v) is 4.50. The summed E-state index contributed by atoms with van der Waals surface area (Å²) < 4.78 is 1.98. The SMILES string of the molecule is OCCCn1ccnc1Cc1ccc(Cl)cc1O. The first kappa shape index (κ1) is 12.9. The van der Waals surface area contributed by atoms with Crippen molar-refractivity contribution in [3.05, 3.63) is 47.0 Å². The number of imidazole rings is 1. The molecule has 0 radical (unpaired) electrons. The first-order valence-electron chi connectivity index (χ1n) is 5.79. The van der Waals surface area contributed by atoms with Crippen molar-refractivity contribution in [2.24, 2.45) is 0 Å². The van der Waals surface area contributed by atoms with Crippen LogP contribution in [0.5, 0.6) is 5.75 Å². The Hall–Kier alpha value is -1.52. The standard InChI is InChI=1S/C13H15ClN2O2/c14-11-3-2-10(12(18)9-11)8-13-15-4-6-16(13)5-1-7-17/h2-4,6,9,17-18H,1,5,7-8H2. The van der Waals surface area contributed by atoms with E-state index in [1.54, 1.807) is 18.3 Å². The number of phenols is 1. The van der Waals surface area contributed by atoms with E-state index in [4.69, 9.17) is 16.7 Å². The molecule has 2 aromatic rings. The average Bonchev–Trinajstić information content (AvgIpc) is 2.77. The molecule has 0 amide bonds. The summed E-state index contributed by atoms with van der Waals surface area (Å²) in [4.78, 5) is 4.27. The van der Waals surface area contributed by atoms with Crippen LogP contribution in [0.3, 0.4) is 0 Å². The smallest absolute Gasteiger partial charge is 0.120 e. The first-order chi connectivity index (χ1) is 8.70. The van der Waals surface area contributed by atoms with Crippen LogP contribution in [-0.2, 0) is 13.0 Å². The number of rotatable bonds is 5. The van der Waals surface area contributed by atoms with E-state index in [9.17, 15) is 5.11 Å². The van der Waals surface area contributed by atoms with Crippen LogP contribution in [0.4, 0.5) is 0 Å². The van der Waals surface area contributed by atoms with Crippen molar-refractivity contribution in [1.82, 2.24) is 9.55 Å². The molecule has 0 aliphatic carbocycles. The lowest BCUT2D eigenvalue weighted by Crippen LogP contribution is -2.05. The molecule has 0 aliphatic heterocycles. The van der Waals surface area contributed by atoms with Gasteiger partial charge in [-0.25, -0.2) is 4.98 Å². The maximum Gasteiger partial charge on any atom is 0.120 e. The molecular weight excluding hydrogens is 252 g/mol. The Labute approximate surface area is 110 Å².